The topological polar surface area (TPSA) is 36.9 Å². The molecule has 4 nitrogen and oxygen atoms in total. The number of hydrogen-bond donors (Lipinski definition) is 0. The molecule has 0 unspecified atom stereocenters. The van der Waals surface area contributed by atoms with Gasteiger partial charge in [0, 0.05) is 0 Å². The Kier molecular flexibility index (Phi) is 2.47. The Morgan fingerprint density at radius 2 is 1.64 bits per heavy atom. The van der Waals surface area contributed by atoms with Crippen LogP contribution < -0.4 is 0 Å². The van der Waals surface area contributed by atoms with Crippen LogP contribution in [0.5, 0.6) is 0 Å². The van der Waals surface area contributed by atoms with Crippen molar-refractivity contribution in [1.29, 1.82) is 0 Å². The van der Waals surface area contributed by atoms with Crippen LogP contribution >= 0.6 is 18.1 Å². The van der Waals surface area contributed by atoms with E-state index in [1.807, 2.05) is 20.8 Å². The minimum atomic E-state index is -3.27. The fourth-order valence-electron chi connectivity index (χ4n) is 1.45. The zero-order valence-electron chi connectivity index (χ0n) is 8.61. The van der Waals surface area contributed by atoms with Gasteiger partial charge in [0.1, 0.15) is 0 Å². The predicted molar refractivity (Wildman–Crippen MR) is 57.5 cm³/mol. The van der Waals surface area contributed by atoms with Gasteiger partial charge in [0.2, 0.25) is 0 Å². The maximum atomic E-state index is 5.76. The van der Waals surface area contributed by atoms with E-state index in [4.69, 9.17) is 18.1 Å². The summed E-state index contributed by atoms with van der Waals surface area (Å²) in [5.74, 6) is 2.38. The molecule has 0 amide bonds. The van der Waals surface area contributed by atoms with Gasteiger partial charge in [-0.25, -0.2) is 0 Å². The summed E-state index contributed by atoms with van der Waals surface area (Å²) in [6.07, 6.45) is 0. The molecule has 1 saturated heterocycles. The first-order valence-electron chi connectivity index (χ1n) is 4.64. The van der Waals surface area contributed by atoms with E-state index in [-0.39, 0.29) is 0 Å². The van der Waals surface area contributed by atoms with Gasteiger partial charge in [-0.05, 0) is 0 Å². The van der Waals surface area contributed by atoms with Crippen LogP contribution in [-0.2, 0) is 18.1 Å². The molecular formula is C8H15O4PS. The molecule has 1 spiro atoms. The SMILES string of the molecule is CCSP12(OCCO1)OC(C)=C(C)O2. The van der Waals surface area contributed by atoms with Crippen molar-refractivity contribution in [1.82, 2.24) is 0 Å². The molecule has 0 aromatic carbocycles. The number of rotatable bonds is 2. The Hall–Kier alpha value is 0.0400. The zero-order chi connectivity index (χ0) is 10.3. The summed E-state index contributed by atoms with van der Waals surface area (Å²) in [7, 11) is 0. The normalized spacial score (nSPS) is 30.9. The van der Waals surface area contributed by atoms with Crippen molar-refractivity contribution in [3.63, 3.8) is 0 Å². The fourth-order valence-corrected chi connectivity index (χ4v) is 7.49. The quantitative estimate of drug-likeness (QED) is 0.690. The maximum absolute atomic E-state index is 5.76. The van der Waals surface area contributed by atoms with E-state index >= 15 is 0 Å². The molecule has 0 saturated carbocycles. The molecule has 0 N–H and O–H groups in total. The summed E-state index contributed by atoms with van der Waals surface area (Å²) in [5, 5.41) is 0. The van der Waals surface area contributed by atoms with E-state index in [0.29, 0.717) is 13.2 Å². The van der Waals surface area contributed by atoms with Crippen molar-refractivity contribution < 1.29 is 18.1 Å². The second-order valence-corrected chi connectivity index (χ2v) is 8.90. The van der Waals surface area contributed by atoms with E-state index < -0.39 is 6.71 Å². The van der Waals surface area contributed by atoms with Gasteiger partial charge in [0.15, 0.2) is 0 Å². The molecule has 2 heterocycles. The van der Waals surface area contributed by atoms with Crippen LogP contribution in [0.1, 0.15) is 20.8 Å². The fraction of sp³-hybridized carbons (Fsp3) is 0.750. The standard InChI is InChI=1S/C8H15O4PS/c1-4-14-13(9-5-6-10-13)11-7(2)8(3)12-13/h4-6H2,1-3H3. The average molecular weight is 238 g/mol. The van der Waals surface area contributed by atoms with Gasteiger partial charge in [0.05, 0.1) is 0 Å². The summed E-state index contributed by atoms with van der Waals surface area (Å²) in [6, 6.07) is 0. The van der Waals surface area contributed by atoms with Crippen LogP contribution in [-0.4, -0.2) is 19.0 Å². The van der Waals surface area contributed by atoms with Gasteiger partial charge in [-0.2, -0.15) is 0 Å². The number of hydrogen-bond acceptors (Lipinski definition) is 5. The van der Waals surface area contributed by atoms with Crippen LogP contribution in [0.3, 0.4) is 0 Å². The molecule has 0 aromatic rings. The Morgan fingerprint density at radius 3 is 2.07 bits per heavy atom. The van der Waals surface area contributed by atoms with Gasteiger partial charge >= 0.3 is 87.4 Å². The zero-order valence-corrected chi connectivity index (χ0v) is 10.3. The Morgan fingerprint density at radius 1 is 1.14 bits per heavy atom. The molecule has 2 rings (SSSR count). The average Bonchev–Trinajstić information content (AvgIpc) is 2.60. The van der Waals surface area contributed by atoms with Gasteiger partial charge < -0.3 is 0 Å². The number of allylic oxidation sites excluding steroid dienone is 2. The van der Waals surface area contributed by atoms with Crippen LogP contribution in [0.15, 0.2) is 11.5 Å². The predicted octanol–water partition coefficient (Wildman–Crippen LogP) is 3.21. The molecule has 0 bridgehead atoms. The first-order chi connectivity index (χ1) is 6.59. The third-order valence-corrected chi connectivity index (χ3v) is 8.25. The monoisotopic (exact) mass is 238 g/mol. The van der Waals surface area contributed by atoms with E-state index in [1.54, 1.807) is 0 Å². The summed E-state index contributed by atoms with van der Waals surface area (Å²) >= 11 is 1.50. The molecule has 82 valence electrons. The van der Waals surface area contributed by atoms with Crippen molar-refractivity contribution in [3.05, 3.63) is 11.5 Å². The Balaban J connectivity index is 2.27. The van der Waals surface area contributed by atoms with Crippen molar-refractivity contribution >= 4 is 18.1 Å². The van der Waals surface area contributed by atoms with Gasteiger partial charge in [0.25, 0.3) is 0 Å². The summed E-state index contributed by atoms with van der Waals surface area (Å²) in [4.78, 5) is 0. The van der Waals surface area contributed by atoms with Gasteiger partial charge in [-0.15, -0.1) is 0 Å². The minimum absolute atomic E-state index is 0.547. The summed E-state index contributed by atoms with van der Waals surface area (Å²) < 4.78 is 22.8. The van der Waals surface area contributed by atoms with Crippen molar-refractivity contribution in [2.24, 2.45) is 0 Å². The van der Waals surface area contributed by atoms with Crippen molar-refractivity contribution in [3.8, 4) is 0 Å². The van der Waals surface area contributed by atoms with Crippen LogP contribution in [0.2, 0.25) is 0 Å². The molecule has 14 heavy (non-hydrogen) atoms. The molecule has 2 aliphatic rings. The molecule has 1 fully saturated rings. The first kappa shape index (κ1) is 10.6. The van der Waals surface area contributed by atoms with E-state index in [9.17, 15) is 0 Å². The van der Waals surface area contributed by atoms with Gasteiger partial charge in [-0.3, -0.25) is 0 Å². The van der Waals surface area contributed by atoms with E-state index in [2.05, 4.69) is 0 Å². The van der Waals surface area contributed by atoms with Crippen LogP contribution in [0, 0.1) is 0 Å². The Labute approximate surface area is 87.9 Å². The molecule has 2 aliphatic heterocycles. The van der Waals surface area contributed by atoms with E-state index in [0.717, 1.165) is 17.3 Å². The van der Waals surface area contributed by atoms with Crippen LogP contribution in [0.25, 0.3) is 0 Å². The summed E-state index contributed by atoms with van der Waals surface area (Å²) in [6.45, 7) is 3.60. The third kappa shape index (κ3) is 1.43. The second-order valence-electron chi connectivity index (χ2n) is 3.12. The van der Waals surface area contributed by atoms with Gasteiger partial charge in [-0.1, -0.05) is 0 Å². The molecule has 0 aliphatic carbocycles. The molecular weight excluding hydrogens is 223 g/mol. The Bertz CT molecular complexity index is 267. The van der Waals surface area contributed by atoms with Crippen molar-refractivity contribution in [2.75, 3.05) is 19.0 Å². The summed E-state index contributed by atoms with van der Waals surface area (Å²) in [5.41, 5.74) is 0. The molecule has 0 aromatic heterocycles. The van der Waals surface area contributed by atoms with Crippen LogP contribution in [0.4, 0.5) is 0 Å². The van der Waals surface area contributed by atoms with E-state index in [1.165, 1.54) is 11.4 Å². The molecule has 6 heteroatoms. The third-order valence-electron chi connectivity index (χ3n) is 2.10. The molecule has 0 radical (unpaired) electrons. The molecule has 0 atom stereocenters. The first-order valence-corrected chi connectivity index (χ1v) is 8.14. The van der Waals surface area contributed by atoms with Crippen molar-refractivity contribution in [2.45, 2.75) is 20.8 Å². The second kappa shape index (κ2) is 3.27.